The summed E-state index contributed by atoms with van der Waals surface area (Å²) in [7, 11) is -4.26. The maximum atomic E-state index is 10.2. The summed E-state index contributed by atoms with van der Waals surface area (Å²) < 4.78 is 33.0. The Morgan fingerprint density at radius 3 is 2.00 bits per heavy atom. The van der Waals surface area contributed by atoms with Gasteiger partial charge in [0, 0.05) is 0 Å². The zero-order valence-corrected chi connectivity index (χ0v) is 12.0. The summed E-state index contributed by atoms with van der Waals surface area (Å²) in [5.74, 6) is 0. The predicted molar refractivity (Wildman–Crippen MR) is 70.7 cm³/mol. The van der Waals surface area contributed by atoms with Gasteiger partial charge < -0.3 is 5.11 Å². The molecule has 0 bridgehead atoms. The maximum Gasteiger partial charge on any atom is 0.397 e. The highest BCUT2D eigenvalue weighted by molar-refractivity contribution is 7.80. The minimum Gasteiger partial charge on any atom is -0.393 e. The molecule has 0 aliphatic heterocycles. The van der Waals surface area contributed by atoms with E-state index in [2.05, 4.69) is 4.18 Å². The normalized spacial score (nSPS) is 13.7. The third-order valence-corrected chi connectivity index (χ3v) is 3.35. The quantitative estimate of drug-likeness (QED) is 0.425. The highest BCUT2D eigenvalue weighted by atomic mass is 32.3. The molecule has 0 aliphatic carbocycles. The second-order valence-corrected chi connectivity index (χ2v) is 5.67. The van der Waals surface area contributed by atoms with Crippen LogP contribution in [0, 0.1) is 0 Å². The third kappa shape index (κ3) is 13.9. The first-order valence-electron chi connectivity index (χ1n) is 6.75. The monoisotopic (exact) mass is 282 g/mol. The van der Waals surface area contributed by atoms with Crippen molar-refractivity contribution in [1.82, 2.24) is 0 Å². The molecule has 0 aliphatic rings. The molecule has 0 amide bonds. The molecule has 110 valence electrons. The van der Waals surface area contributed by atoms with Gasteiger partial charge in [-0.1, -0.05) is 45.4 Å². The van der Waals surface area contributed by atoms with Gasteiger partial charge in [-0.25, -0.2) is 4.18 Å². The van der Waals surface area contributed by atoms with E-state index in [1.165, 1.54) is 0 Å². The van der Waals surface area contributed by atoms with Crippen LogP contribution in [-0.2, 0) is 14.6 Å². The summed E-state index contributed by atoms with van der Waals surface area (Å²) in [6.45, 7) is 2.04. The van der Waals surface area contributed by atoms with E-state index < -0.39 is 10.4 Å². The maximum absolute atomic E-state index is 10.2. The summed E-state index contributed by atoms with van der Waals surface area (Å²) >= 11 is 0. The van der Waals surface area contributed by atoms with E-state index in [0.717, 1.165) is 51.4 Å². The molecule has 6 heteroatoms. The Balaban J connectivity index is 3.12. The van der Waals surface area contributed by atoms with Crippen molar-refractivity contribution in [2.24, 2.45) is 0 Å². The first-order chi connectivity index (χ1) is 8.45. The van der Waals surface area contributed by atoms with Crippen LogP contribution in [0.4, 0.5) is 0 Å². The van der Waals surface area contributed by atoms with Crippen LogP contribution in [-0.4, -0.2) is 30.8 Å². The summed E-state index contributed by atoms with van der Waals surface area (Å²) in [5, 5.41) is 9.34. The zero-order chi connectivity index (χ0) is 13.9. The van der Waals surface area contributed by atoms with Crippen molar-refractivity contribution in [3.63, 3.8) is 0 Å². The molecule has 5 nitrogen and oxygen atoms in total. The van der Waals surface area contributed by atoms with Crippen LogP contribution in [0.1, 0.15) is 64.7 Å². The summed E-state index contributed by atoms with van der Waals surface area (Å²) in [5.41, 5.74) is 0. The lowest BCUT2D eigenvalue weighted by molar-refractivity contribution is 0.156. The number of rotatable bonds is 12. The van der Waals surface area contributed by atoms with E-state index in [9.17, 15) is 13.5 Å². The highest BCUT2D eigenvalue weighted by Crippen LogP contribution is 2.11. The van der Waals surface area contributed by atoms with Crippen LogP contribution in [0.5, 0.6) is 0 Å². The van der Waals surface area contributed by atoms with E-state index in [1.807, 2.05) is 6.92 Å². The van der Waals surface area contributed by atoms with Crippen molar-refractivity contribution in [2.45, 2.75) is 70.8 Å². The Morgan fingerprint density at radius 2 is 1.50 bits per heavy atom. The Bertz CT molecular complexity index is 276. The van der Waals surface area contributed by atoms with Gasteiger partial charge in [0.1, 0.15) is 0 Å². The Hall–Kier alpha value is -0.170. The lowest BCUT2D eigenvalue weighted by Crippen LogP contribution is -2.04. The smallest absolute Gasteiger partial charge is 0.393 e. The average Bonchev–Trinajstić information content (AvgIpc) is 2.29. The van der Waals surface area contributed by atoms with Crippen LogP contribution in [0.25, 0.3) is 0 Å². The fraction of sp³-hybridized carbons (Fsp3) is 1.00. The number of aliphatic hydroxyl groups is 1. The molecule has 1 unspecified atom stereocenters. The van der Waals surface area contributed by atoms with Crippen LogP contribution < -0.4 is 0 Å². The number of unbranched alkanes of at least 4 members (excludes halogenated alkanes) is 6. The number of hydrogen-bond acceptors (Lipinski definition) is 4. The van der Waals surface area contributed by atoms with Gasteiger partial charge >= 0.3 is 10.4 Å². The fourth-order valence-electron chi connectivity index (χ4n) is 1.73. The van der Waals surface area contributed by atoms with E-state index in [4.69, 9.17) is 4.55 Å². The molecule has 0 aromatic heterocycles. The van der Waals surface area contributed by atoms with Crippen molar-refractivity contribution in [2.75, 3.05) is 6.61 Å². The van der Waals surface area contributed by atoms with Crippen molar-refractivity contribution in [1.29, 1.82) is 0 Å². The molecule has 0 aromatic carbocycles. The van der Waals surface area contributed by atoms with Crippen LogP contribution >= 0.6 is 0 Å². The lowest BCUT2D eigenvalue weighted by Gasteiger charge is -2.06. The largest absolute Gasteiger partial charge is 0.397 e. The molecule has 0 heterocycles. The third-order valence-electron chi connectivity index (χ3n) is 2.89. The van der Waals surface area contributed by atoms with E-state index in [1.54, 1.807) is 0 Å². The summed E-state index contributed by atoms with van der Waals surface area (Å²) in [6, 6.07) is 0. The minimum atomic E-state index is -4.26. The summed E-state index contributed by atoms with van der Waals surface area (Å²) in [4.78, 5) is 0. The molecular formula is C12H26O5S. The van der Waals surface area contributed by atoms with Gasteiger partial charge in [-0.3, -0.25) is 4.55 Å². The van der Waals surface area contributed by atoms with Gasteiger partial charge in [0.25, 0.3) is 0 Å². The molecule has 0 radical (unpaired) electrons. The van der Waals surface area contributed by atoms with Crippen molar-refractivity contribution in [3.8, 4) is 0 Å². The molecule has 0 saturated carbocycles. The van der Waals surface area contributed by atoms with Crippen LogP contribution in [0.3, 0.4) is 0 Å². The summed E-state index contributed by atoms with van der Waals surface area (Å²) in [6.07, 6.45) is 8.64. The van der Waals surface area contributed by atoms with Crippen molar-refractivity contribution < 1.29 is 22.3 Å². The molecule has 0 rings (SSSR count). The van der Waals surface area contributed by atoms with Crippen molar-refractivity contribution >= 4 is 10.4 Å². The molecular weight excluding hydrogens is 256 g/mol. The van der Waals surface area contributed by atoms with Gasteiger partial charge in [0.15, 0.2) is 0 Å². The van der Waals surface area contributed by atoms with E-state index >= 15 is 0 Å². The topological polar surface area (TPSA) is 83.8 Å². The molecule has 0 fully saturated rings. The van der Waals surface area contributed by atoms with Gasteiger partial charge in [0.05, 0.1) is 12.7 Å². The van der Waals surface area contributed by atoms with Crippen LogP contribution in [0.2, 0.25) is 0 Å². The first kappa shape index (κ1) is 17.8. The average molecular weight is 282 g/mol. The van der Waals surface area contributed by atoms with E-state index in [-0.39, 0.29) is 12.7 Å². The highest BCUT2D eigenvalue weighted by Gasteiger charge is 2.03. The zero-order valence-electron chi connectivity index (χ0n) is 11.2. The SMILES string of the molecule is CCC(O)CCCCCCCCCOS(=O)(=O)O. The first-order valence-corrected chi connectivity index (χ1v) is 8.12. The van der Waals surface area contributed by atoms with Crippen molar-refractivity contribution in [3.05, 3.63) is 0 Å². The van der Waals surface area contributed by atoms with Gasteiger partial charge in [-0.2, -0.15) is 8.42 Å². The second kappa shape index (κ2) is 10.7. The Kier molecular flexibility index (Phi) is 10.6. The minimum absolute atomic E-state index is 0.0571. The molecule has 2 N–H and O–H groups in total. The standard InChI is InChI=1S/C12H26O5S/c1-2-12(13)10-8-6-4-3-5-7-9-11-17-18(14,15)16/h12-13H,2-11H2,1H3,(H,14,15,16). The molecule has 0 saturated heterocycles. The molecule has 1 atom stereocenters. The molecule has 0 spiro atoms. The molecule has 18 heavy (non-hydrogen) atoms. The second-order valence-electron chi connectivity index (χ2n) is 4.58. The van der Waals surface area contributed by atoms with Gasteiger partial charge in [-0.15, -0.1) is 0 Å². The van der Waals surface area contributed by atoms with Gasteiger partial charge in [0.2, 0.25) is 0 Å². The fourth-order valence-corrected chi connectivity index (χ4v) is 2.06. The van der Waals surface area contributed by atoms with Crippen LogP contribution in [0.15, 0.2) is 0 Å². The lowest BCUT2D eigenvalue weighted by atomic mass is 10.1. The number of aliphatic hydroxyl groups excluding tert-OH is 1. The Morgan fingerprint density at radius 1 is 1.00 bits per heavy atom. The Labute approximate surface area is 110 Å². The molecule has 0 aromatic rings. The predicted octanol–water partition coefficient (Wildman–Crippen LogP) is 2.70. The van der Waals surface area contributed by atoms with E-state index in [0.29, 0.717) is 6.42 Å². The van der Waals surface area contributed by atoms with Gasteiger partial charge in [-0.05, 0) is 19.3 Å². The number of hydrogen-bond donors (Lipinski definition) is 2.